The molecule has 9 nitrogen and oxygen atoms in total. The van der Waals surface area contributed by atoms with Crippen molar-refractivity contribution >= 4 is 46.0 Å². The summed E-state index contributed by atoms with van der Waals surface area (Å²) in [5.74, 6) is 1.74. The molecule has 45 heavy (non-hydrogen) atoms. The van der Waals surface area contributed by atoms with E-state index in [9.17, 15) is 10.1 Å². The van der Waals surface area contributed by atoms with Crippen molar-refractivity contribution in [2.24, 2.45) is 11.8 Å². The normalized spacial score (nSPS) is 21.6. The first-order chi connectivity index (χ1) is 21.6. The number of rotatable bonds is 7. The number of nitrogens with one attached hydrogen (secondary N) is 1. The van der Waals surface area contributed by atoms with Crippen molar-refractivity contribution < 1.29 is 9.66 Å². The number of ether oxygens (including phenoxy) is 1. The third-order valence-corrected chi connectivity index (χ3v) is 9.54. The van der Waals surface area contributed by atoms with Gasteiger partial charge in [-0.05, 0) is 92.4 Å². The molecular formula is C34H37ClN6O3S. The van der Waals surface area contributed by atoms with Crippen LogP contribution in [0.1, 0.15) is 55.0 Å². The van der Waals surface area contributed by atoms with E-state index in [1.54, 1.807) is 25.4 Å². The molecule has 0 amide bonds. The molecule has 2 saturated heterocycles. The van der Waals surface area contributed by atoms with Crippen molar-refractivity contribution in [1.82, 2.24) is 14.9 Å². The Morgan fingerprint density at radius 2 is 1.80 bits per heavy atom. The molecular weight excluding hydrogens is 608 g/mol. The fraction of sp³-hybridized carbons (Fsp3) is 0.353. The van der Waals surface area contributed by atoms with Gasteiger partial charge in [0.15, 0.2) is 5.11 Å². The van der Waals surface area contributed by atoms with Gasteiger partial charge < -0.3 is 24.4 Å². The molecule has 0 aliphatic carbocycles. The van der Waals surface area contributed by atoms with Gasteiger partial charge in [-0.25, -0.2) is 0 Å². The van der Waals surface area contributed by atoms with Gasteiger partial charge >= 0.3 is 0 Å². The number of non-ortho nitro benzene ring substituents is 1. The Kier molecular flexibility index (Phi) is 8.45. The predicted molar refractivity (Wildman–Crippen MR) is 183 cm³/mol. The summed E-state index contributed by atoms with van der Waals surface area (Å²) in [6.07, 6.45) is 3.00. The topological polar surface area (TPSA) is 88.7 Å². The molecule has 2 fully saturated rings. The fourth-order valence-corrected chi connectivity index (χ4v) is 7.78. The summed E-state index contributed by atoms with van der Waals surface area (Å²) in [4.78, 5) is 20.5. The third-order valence-electron chi connectivity index (χ3n) is 8.92. The Balaban J connectivity index is 1.47. The van der Waals surface area contributed by atoms with Gasteiger partial charge in [-0.3, -0.25) is 15.1 Å². The van der Waals surface area contributed by atoms with Crippen LogP contribution in [0.5, 0.6) is 5.75 Å². The summed E-state index contributed by atoms with van der Waals surface area (Å²) < 4.78 is 7.65. The fourth-order valence-electron chi connectivity index (χ4n) is 7.14. The van der Waals surface area contributed by atoms with E-state index in [4.69, 9.17) is 33.5 Å². The van der Waals surface area contributed by atoms with E-state index in [-0.39, 0.29) is 17.8 Å². The molecule has 0 spiro atoms. The van der Waals surface area contributed by atoms with Crippen LogP contribution in [0.3, 0.4) is 0 Å². The van der Waals surface area contributed by atoms with Crippen LogP contribution < -0.4 is 19.9 Å². The number of aryl methyl sites for hydroxylation is 1. The van der Waals surface area contributed by atoms with Crippen LogP contribution in [0.4, 0.5) is 17.1 Å². The van der Waals surface area contributed by atoms with E-state index in [0.717, 1.165) is 47.1 Å². The zero-order chi connectivity index (χ0) is 32.0. The Bertz CT molecular complexity index is 1750. The predicted octanol–water partition coefficient (Wildman–Crippen LogP) is 7.72. The van der Waals surface area contributed by atoms with E-state index in [1.807, 2.05) is 42.7 Å². The Morgan fingerprint density at radius 1 is 1.04 bits per heavy atom. The molecule has 1 N–H and O–H groups in total. The van der Waals surface area contributed by atoms with Crippen molar-refractivity contribution in [2.75, 3.05) is 30.0 Å². The second kappa shape index (κ2) is 12.3. The molecule has 0 radical (unpaired) electrons. The number of nitrogens with zero attached hydrogens (tertiary/aromatic N) is 5. The minimum Gasteiger partial charge on any atom is -0.495 e. The highest BCUT2D eigenvalue weighted by atomic mass is 35.5. The number of benzene rings is 2. The molecule has 2 aliphatic heterocycles. The van der Waals surface area contributed by atoms with Gasteiger partial charge in [0.1, 0.15) is 5.75 Å². The molecule has 0 bridgehead atoms. The van der Waals surface area contributed by atoms with Crippen LogP contribution in [0.2, 0.25) is 5.02 Å². The minimum absolute atomic E-state index is 0.0104. The molecule has 6 rings (SSSR count). The summed E-state index contributed by atoms with van der Waals surface area (Å²) in [6, 6.07) is 18.3. The van der Waals surface area contributed by atoms with E-state index in [2.05, 4.69) is 47.2 Å². The van der Waals surface area contributed by atoms with Crippen molar-refractivity contribution in [1.29, 1.82) is 0 Å². The average molecular weight is 645 g/mol. The number of thiocarbonyl (C=S) groups is 1. The zero-order valence-electron chi connectivity index (χ0n) is 26.0. The van der Waals surface area contributed by atoms with Gasteiger partial charge in [0.05, 0.1) is 46.2 Å². The van der Waals surface area contributed by atoms with E-state index in [0.29, 0.717) is 33.4 Å². The van der Waals surface area contributed by atoms with Crippen LogP contribution in [-0.4, -0.2) is 39.8 Å². The summed E-state index contributed by atoms with van der Waals surface area (Å²) >= 11 is 13.0. The zero-order valence-corrected chi connectivity index (χ0v) is 27.6. The molecule has 2 aliphatic rings. The minimum atomic E-state index is -0.394. The Hall–Kier alpha value is -4.15. The maximum absolute atomic E-state index is 11.7. The van der Waals surface area contributed by atoms with Crippen molar-refractivity contribution in [3.8, 4) is 11.4 Å². The third kappa shape index (κ3) is 5.73. The SMILES string of the molecule is COc1ccc([N+](=O)[O-])cc1-n1c(C)cc(C2C(c3ccccn3)NC(=S)N2c2ccc(N3CC(C)CC(C)C3)c(Cl)c2)c1C. The van der Waals surface area contributed by atoms with Gasteiger partial charge in [-0.1, -0.05) is 31.5 Å². The lowest BCUT2D eigenvalue weighted by molar-refractivity contribution is -0.384. The van der Waals surface area contributed by atoms with Gasteiger partial charge in [0.2, 0.25) is 0 Å². The standard InChI is InChI=1S/C34H37ClN6O3S/c1-20-14-21(2)19-38(18-20)29-11-9-24(16-27(29)35)40-33(32(37-34(40)45)28-8-6-7-13-36-28)26-15-22(3)39(23(26)4)30-17-25(41(42)43)10-12-31(30)44-5/h6-13,15-17,20-21,32-33H,14,18-19H2,1-5H3,(H,37,45). The first kappa shape index (κ1) is 30.9. The van der Waals surface area contributed by atoms with E-state index >= 15 is 0 Å². The monoisotopic (exact) mass is 644 g/mol. The van der Waals surface area contributed by atoms with Crippen molar-refractivity contribution in [3.05, 3.63) is 105 Å². The number of methoxy groups -OCH3 is 1. The number of nitro groups is 1. The number of halogens is 1. The van der Waals surface area contributed by atoms with Gasteiger partial charge in [-0.2, -0.15) is 0 Å². The number of piperidine rings is 1. The van der Waals surface area contributed by atoms with Gasteiger partial charge in [0, 0.05) is 48.5 Å². The van der Waals surface area contributed by atoms with Gasteiger partial charge in [0.25, 0.3) is 5.69 Å². The summed E-state index contributed by atoms with van der Waals surface area (Å²) in [5.41, 5.74) is 6.16. The molecule has 4 heterocycles. The van der Waals surface area contributed by atoms with Crippen LogP contribution in [0.15, 0.2) is 66.9 Å². The van der Waals surface area contributed by atoms with Crippen LogP contribution in [0, 0.1) is 35.8 Å². The van der Waals surface area contributed by atoms with Crippen LogP contribution >= 0.6 is 23.8 Å². The number of anilines is 2. The molecule has 4 atom stereocenters. The molecule has 11 heteroatoms. The van der Waals surface area contributed by atoms with Crippen LogP contribution in [0.25, 0.3) is 5.69 Å². The number of hydrogen-bond donors (Lipinski definition) is 1. The molecule has 4 aromatic rings. The smallest absolute Gasteiger partial charge is 0.271 e. The second-order valence-electron chi connectivity index (χ2n) is 12.3. The van der Waals surface area contributed by atoms with Crippen LogP contribution in [-0.2, 0) is 0 Å². The number of nitro benzene ring substituents is 1. The maximum atomic E-state index is 11.7. The Labute approximate surface area is 273 Å². The second-order valence-corrected chi connectivity index (χ2v) is 13.1. The number of aromatic nitrogens is 2. The first-order valence-corrected chi connectivity index (χ1v) is 15.9. The highest BCUT2D eigenvalue weighted by molar-refractivity contribution is 7.80. The quantitative estimate of drug-likeness (QED) is 0.124. The number of pyridine rings is 1. The molecule has 234 valence electrons. The molecule has 2 aromatic heterocycles. The molecule has 0 saturated carbocycles. The highest BCUT2D eigenvalue weighted by Gasteiger charge is 2.42. The average Bonchev–Trinajstić information content (AvgIpc) is 3.50. The first-order valence-electron chi connectivity index (χ1n) is 15.1. The van der Waals surface area contributed by atoms with E-state index < -0.39 is 4.92 Å². The molecule has 4 unspecified atom stereocenters. The largest absolute Gasteiger partial charge is 0.495 e. The Morgan fingerprint density at radius 3 is 2.44 bits per heavy atom. The van der Waals surface area contributed by atoms with Crippen molar-refractivity contribution in [2.45, 2.75) is 46.2 Å². The lowest BCUT2D eigenvalue weighted by Crippen LogP contribution is -2.38. The van der Waals surface area contributed by atoms with Gasteiger partial charge in [-0.15, -0.1) is 0 Å². The molecule has 2 aromatic carbocycles. The summed E-state index contributed by atoms with van der Waals surface area (Å²) in [6.45, 7) is 10.5. The highest BCUT2D eigenvalue weighted by Crippen LogP contribution is 2.46. The lowest BCUT2D eigenvalue weighted by Gasteiger charge is -2.37. The maximum Gasteiger partial charge on any atom is 0.271 e. The van der Waals surface area contributed by atoms with E-state index in [1.165, 1.54) is 12.5 Å². The summed E-state index contributed by atoms with van der Waals surface area (Å²) in [7, 11) is 1.57. The van der Waals surface area contributed by atoms with Crippen molar-refractivity contribution in [3.63, 3.8) is 0 Å². The number of hydrogen-bond acceptors (Lipinski definition) is 6. The summed E-state index contributed by atoms with van der Waals surface area (Å²) in [5, 5.41) is 16.5. The lowest BCUT2D eigenvalue weighted by atomic mass is 9.91.